The van der Waals surface area contributed by atoms with Gasteiger partial charge >= 0.3 is 0 Å². The Balaban J connectivity index is 1.22. The van der Waals surface area contributed by atoms with E-state index in [9.17, 15) is 0 Å². The van der Waals surface area contributed by atoms with Gasteiger partial charge in [0.15, 0.2) is 11.5 Å². The second-order valence-corrected chi connectivity index (χ2v) is 7.24. The number of ether oxygens (including phenoxy) is 1. The normalized spacial score (nSPS) is 14.9. The third-order valence-electron chi connectivity index (χ3n) is 5.27. The van der Waals surface area contributed by atoms with Crippen LogP contribution in [0, 0.1) is 0 Å². The lowest BCUT2D eigenvalue weighted by atomic mass is 10.1. The summed E-state index contributed by atoms with van der Waals surface area (Å²) in [6.45, 7) is 5.02. The molecule has 9 nitrogen and oxygen atoms in total. The van der Waals surface area contributed by atoms with E-state index in [-0.39, 0.29) is 0 Å². The number of piperazine rings is 1. The lowest BCUT2D eigenvalue weighted by Crippen LogP contribution is -2.46. The maximum atomic E-state index is 6.08. The molecule has 0 aliphatic carbocycles. The monoisotopic (exact) mass is 402 g/mol. The first kappa shape index (κ1) is 18.4. The fourth-order valence-corrected chi connectivity index (χ4v) is 3.67. The number of rotatable bonds is 6. The maximum Gasteiger partial charge on any atom is 0.199 e. The first-order valence-electron chi connectivity index (χ1n) is 9.96. The predicted molar refractivity (Wildman–Crippen MR) is 111 cm³/mol. The van der Waals surface area contributed by atoms with E-state index in [0.717, 1.165) is 49.9 Å². The smallest absolute Gasteiger partial charge is 0.199 e. The third kappa shape index (κ3) is 3.92. The first-order valence-corrected chi connectivity index (χ1v) is 9.96. The number of nitrogens with zero attached hydrogens (tertiary/aromatic N) is 8. The molecule has 1 fully saturated rings. The number of aromatic nitrogens is 6. The maximum absolute atomic E-state index is 6.08. The minimum atomic E-state index is 0.515. The fraction of sp³-hybridized carbons (Fsp3) is 0.286. The standard InChI is InChI=1S/C21H22N8O/c1-2-6-19(30-16-17-4-3-7-22-12-17)18(5-1)15-27-8-10-28(11-9-27)21-14-23-13-20-24-25-26-29(20)21/h1-7,12-14H,8-11,15-16H2. The fourth-order valence-electron chi connectivity index (χ4n) is 3.67. The van der Waals surface area contributed by atoms with Crippen molar-refractivity contribution in [2.75, 3.05) is 31.1 Å². The van der Waals surface area contributed by atoms with E-state index in [1.165, 1.54) is 5.56 Å². The van der Waals surface area contributed by atoms with Crippen LogP contribution in [0.25, 0.3) is 5.65 Å². The van der Waals surface area contributed by atoms with Gasteiger partial charge in [0.25, 0.3) is 0 Å². The molecule has 0 bridgehead atoms. The number of tetrazole rings is 1. The Bertz CT molecular complexity index is 1110. The molecule has 3 aromatic heterocycles. The number of anilines is 1. The van der Waals surface area contributed by atoms with Gasteiger partial charge in [-0.05, 0) is 22.6 Å². The average Bonchev–Trinajstić information content (AvgIpc) is 3.29. The van der Waals surface area contributed by atoms with Crippen LogP contribution in [0.3, 0.4) is 0 Å². The van der Waals surface area contributed by atoms with Gasteiger partial charge in [0.1, 0.15) is 12.4 Å². The van der Waals surface area contributed by atoms with Crippen molar-refractivity contribution in [2.24, 2.45) is 0 Å². The number of fused-ring (bicyclic) bond motifs is 1. The Morgan fingerprint density at radius 3 is 2.67 bits per heavy atom. The quantitative estimate of drug-likeness (QED) is 0.483. The zero-order valence-electron chi connectivity index (χ0n) is 16.5. The Morgan fingerprint density at radius 2 is 1.80 bits per heavy atom. The molecule has 0 radical (unpaired) electrons. The van der Waals surface area contributed by atoms with Crippen LogP contribution in [0.2, 0.25) is 0 Å². The molecule has 0 unspecified atom stereocenters. The lowest BCUT2D eigenvalue weighted by molar-refractivity contribution is 0.239. The highest BCUT2D eigenvalue weighted by molar-refractivity contribution is 5.46. The predicted octanol–water partition coefficient (Wildman–Crippen LogP) is 1.82. The van der Waals surface area contributed by atoms with Crippen LogP contribution in [0.5, 0.6) is 5.75 Å². The summed E-state index contributed by atoms with van der Waals surface area (Å²) in [5, 5.41) is 11.8. The molecular weight excluding hydrogens is 380 g/mol. The highest BCUT2D eigenvalue weighted by Crippen LogP contribution is 2.23. The van der Waals surface area contributed by atoms with E-state index in [4.69, 9.17) is 4.74 Å². The molecule has 0 atom stereocenters. The van der Waals surface area contributed by atoms with E-state index in [0.29, 0.717) is 12.3 Å². The van der Waals surface area contributed by atoms with Crippen molar-refractivity contribution in [2.45, 2.75) is 13.2 Å². The van der Waals surface area contributed by atoms with E-state index in [2.05, 4.69) is 47.4 Å². The average molecular weight is 402 g/mol. The Morgan fingerprint density at radius 1 is 0.900 bits per heavy atom. The van der Waals surface area contributed by atoms with Crippen LogP contribution in [0.1, 0.15) is 11.1 Å². The molecule has 0 saturated carbocycles. The van der Waals surface area contributed by atoms with Crippen molar-refractivity contribution >= 4 is 11.5 Å². The van der Waals surface area contributed by atoms with Gasteiger partial charge < -0.3 is 9.64 Å². The van der Waals surface area contributed by atoms with Gasteiger partial charge in [0.2, 0.25) is 0 Å². The molecule has 1 aliphatic heterocycles. The molecule has 1 aromatic carbocycles. The molecule has 1 saturated heterocycles. The van der Waals surface area contributed by atoms with Gasteiger partial charge in [-0.1, -0.05) is 24.3 Å². The van der Waals surface area contributed by atoms with Crippen LogP contribution in [0.15, 0.2) is 61.2 Å². The van der Waals surface area contributed by atoms with E-state index in [1.54, 1.807) is 16.9 Å². The summed E-state index contributed by atoms with van der Waals surface area (Å²) in [5.74, 6) is 1.85. The zero-order chi connectivity index (χ0) is 20.2. The summed E-state index contributed by atoms with van der Waals surface area (Å²) in [6, 6.07) is 12.2. The summed E-state index contributed by atoms with van der Waals surface area (Å²) in [6.07, 6.45) is 7.09. The molecule has 0 N–H and O–H groups in total. The van der Waals surface area contributed by atoms with Crippen LogP contribution >= 0.6 is 0 Å². The van der Waals surface area contributed by atoms with Gasteiger partial charge in [-0.15, -0.1) is 5.10 Å². The number of para-hydroxylation sites is 1. The molecule has 0 spiro atoms. The van der Waals surface area contributed by atoms with Gasteiger partial charge in [-0.2, -0.15) is 4.52 Å². The summed E-state index contributed by atoms with van der Waals surface area (Å²) in [7, 11) is 0. The van der Waals surface area contributed by atoms with Gasteiger partial charge in [-0.3, -0.25) is 14.9 Å². The van der Waals surface area contributed by atoms with E-state index in [1.807, 2.05) is 36.7 Å². The van der Waals surface area contributed by atoms with Crippen LogP contribution in [0.4, 0.5) is 5.82 Å². The van der Waals surface area contributed by atoms with Gasteiger partial charge in [0, 0.05) is 56.2 Å². The number of hydrogen-bond donors (Lipinski definition) is 0. The summed E-state index contributed by atoms with van der Waals surface area (Å²) >= 11 is 0. The van der Waals surface area contributed by atoms with Gasteiger partial charge in [-0.25, -0.2) is 0 Å². The van der Waals surface area contributed by atoms with Crippen LogP contribution in [-0.2, 0) is 13.2 Å². The zero-order valence-corrected chi connectivity index (χ0v) is 16.5. The van der Waals surface area contributed by atoms with Crippen molar-refractivity contribution in [3.63, 3.8) is 0 Å². The summed E-state index contributed by atoms with van der Waals surface area (Å²) in [5.41, 5.74) is 2.92. The lowest BCUT2D eigenvalue weighted by Gasteiger charge is -2.35. The first-order chi connectivity index (χ1) is 14.9. The molecule has 30 heavy (non-hydrogen) atoms. The molecule has 4 aromatic rings. The summed E-state index contributed by atoms with van der Waals surface area (Å²) < 4.78 is 7.82. The molecule has 152 valence electrons. The summed E-state index contributed by atoms with van der Waals surface area (Å²) in [4.78, 5) is 13.1. The Hall–Kier alpha value is -3.59. The second kappa shape index (κ2) is 8.42. The topological polar surface area (TPSA) is 84.6 Å². The third-order valence-corrected chi connectivity index (χ3v) is 5.27. The molecular formula is C21H22N8O. The SMILES string of the molecule is c1cncc(COc2ccccc2CN2CCN(c3cncc4nnnn34)CC2)c1. The van der Waals surface area contributed by atoms with Crippen LogP contribution in [-0.4, -0.2) is 61.1 Å². The van der Waals surface area contributed by atoms with E-state index < -0.39 is 0 Å². The van der Waals surface area contributed by atoms with Crippen molar-refractivity contribution in [3.05, 3.63) is 72.3 Å². The van der Waals surface area contributed by atoms with E-state index >= 15 is 0 Å². The second-order valence-electron chi connectivity index (χ2n) is 7.24. The number of benzene rings is 1. The highest BCUT2D eigenvalue weighted by Gasteiger charge is 2.21. The molecule has 5 rings (SSSR count). The Kier molecular flexibility index (Phi) is 5.17. The minimum Gasteiger partial charge on any atom is -0.489 e. The molecule has 0 amide bonds. The van der Waals surface area contributed by atoms with Crippen molar-refractivity contribution < 1.29 is 4.74 Å². The number of pyridine rings is 1. The minimum absolute atomic E-state index is 0.515. The molecule has 1 aliphatic rings. The van der Waals surface area contributed by atoms with Crippen molar-refractivity contribution in [1.82, 2.24) is 34.9 Å². The van der Waals surface area contributed by atoms with Crippen molar-refractivity contribution in [3.8, 4) is 5.75 Å². The molecule has 9 heteroatoms. The molecule has 4 heterocycles. The largest absolute Gasteiger partial charge is 0.489 e. The number of hydrogen-bond acceptors (Lipinski definition) is 8. The highest BCUT2D eigenvalue weighted by atomic mass is 16.5. The Labute approximate surface area is 173 Å². The van der Waals surface area contributed by atoms with Gasteiger partial charge in [0.05, 0.1) is 12.4 Å². The van der Waals surface area contributed by atoms with Crippen LogP contribution < -0.4 is 9.64 Å². The van der Waals surface area contributed by atoms with Crippen molar-refractivity contribution in [1.29, 1.82) is 0 Å².